The number of aromatic nitrogens is 5. The molecule has 0 radical (unpaired) electrons. The second-order valence-electron chi connectivity index (χ2n) is 16.7. The molecule has 6 rings (SSSR count). The topological polar surface area (TPSA) is 114 Å². The zero-order chi connectivity index (χ0) is 38.3. The third-order valence-electron chi connectivity index (χ3n) is 9.01. The molecule has 0 aliphatic carbocycles. The van der Waals surface area contributed by atoms with Gasteiger partial charge < -0.3 is 13.9 Å². The first kappa shape index (κ1) is 38.8. The fourth-order valence-corrected chi connectivity index (χ4v) is 10.9. The molecule has 16 heteroatoms. The number of aliphatic imine (C=N–C) groups is 1. The van der Waals surface area contributed by atoms with Crippen molar-refractivity contribution in [3.05, 3.63) is 90.6 Å². The second kappa shape index (κ2) is 14.7. The summed E-state index contributed by atoms with van der Waals surface area (Å²) >= 11 is 0. The van der Waals surface area contributed by atoms with Gasteiger partial charge in [-0.2, -0.15) is 5.10 Å². The average molecular weight is 788 g/mol. The highest BCUT2D eigenvalue weighted by Crippen LogP contribution is 2.38. The van der Waals surface area contributed by atoms with E-state index in [1.165, 1.54) is 15.9 Å². The Hall–Kier alpha value is -3.94. The van der Waals surface area contributed by atoms with Crippen molar-refractivity contribution in [3.8, 4) is 0 Å². The van der Waals surface area contributed by atoms with Gasteiger partial charge in [-0.1, -0.05) is 50.0 Å². The Bertz CT molecular complexity index is 2200. The van der Waals surface area contributed by atoms with Gasteiger partial charge in [0.05, 0.1) is 21.7 Å². The number of piperazine rings is 1. The Balaban J connectivity index is 1.48. The van der Waals surface area contributed by atoms with E-state index in [2.05, 4.69) is 120 Å². The number of rotatable bonds is 11. The van der Waals surface area contributed by atoms with Crippen LogP contribution in [0.15, 0.2) is 89.3 Å². The number of anilines is 2. The van der Waals surface area contributed by atoms with Crippen molar-refractivity contribution in [2.24, 2.45) is 4.99 Å². The first-order valence-corrected chi connectivity index (χ1v) is 29.9. The van der Waals surface area contributed by atoms with Crippen molar-refractivity contribution in [1.29, 1.82) is 0 Å². The predicted octanol–water partition coefficient (Wildman–Crippen LogP) is 7.20. The van der Waals surface area contributed by atoms with Gasteiger partial charge in [-0.25, -0.2) is 27.4 Å². The Morgan fingerprint density at radius 3 is 2.13 bits per heavy atom. The Morgan fingerprint density at radius 1 is 0.868 bits per heavy atom. The molecule has 0 unspecified atom stereocenters. The van der Waals surface area contributed by atoms with Gasteiger partial charge in [0.2, 0.25) is 14.2 Å². The van der Waals surface area contributed by atoms with Gasteiger partial charge in [0, 0.05) is 45.1 Å². The number of benzene rings is 2. The first-order chi connectivity index (χ1) is 24.8. The maximum Gasteiger partial charge on any atom is 0.269 e. The van der Waals surface area contributed by atoms with E-state index in [-0.39, 0.29) is 4.90 Å². The zero-order valence-corrected chi connectivity index (χ0v) is 36.5. The van der Waals surface area contributed by atoms with Crippen LogP contribution in [0.3, 0.4) is 0 Å². The molecule has 282 valence electrons. The van der Waals surface area contributed by atoms with Crippen LogP contribution < -0.4 is 4.57 Å². The Kier molecular flexibility index (Phi) is 10.8. The SMILES string of the molecule is CN1CCN(Cc2ccc(N=C(O[Si](C)(C)C)c3nn([Si](C)(C)C)cc3N(c3ncnc4c3ccn4S(=O)(=O)c3ccccc3)[Si](C)(C)C)cc2)CC1. The number of likely N-dealkylation sites (N-methyl/N-ethyl adjacent to an activating group) is 1. The third-order valence-corrected chi connectivity index (χ3v) is 14.9. The van der Waals surface area contributed by atoms with Gasteiger partial charge in [-0.05, 0) is 82.2 Å². The van der Waals surface area contributed by atoms with E-state index in [0.717, 1.165) is 44.1 Å². The smallest absolute Gasteiger partial charge is 0.269 e. The minimum absolute atomic E-state index is 0.190. The van der Waals surface area contributed by atoms with Crippen molar-refractivity contribution in [2.45, 2.75) is 70.4 Å². The molecule has 0 atom stereocenters. The summed E-state index contributed by atoms with van der Waals surface area (Å²) in [7, 11) is -8.30. The van der Waals surface area contributed by atoms with Crippen LogP contribution in [0.25, 0.3) is 11.0 Å². The fourth-order valence-electron chi connectivity index (χ4n) is 6.28. The molecule has 0 saturated carbocycles. The Morgan fingerprint density at radius 2 is 1.53 bits per heavy atom. The second-order valence-corrected chi connectivity index (χ2v) is 32.6. The van der Waals surface area contributed by atoms with Crippen molar-refractivity contribution >= 4 is 68.9 Å². The van der Waals surface area contributed by atoms with E-state index in [1.807, 2.05) is 0 Å². The van der Waals surface area contributed by atoms with E-state index in [1.54, 1.807) is 42.6 Å². The summed E-state index contributed by atoms with van der Waals surface area (Å²) in [6.45, 7) is 25.1. The number of hydrogen-bond donors (Lipinski definition) is 0. The molecule has 2 aromatic carbocycles. The van der Waals surface area contributed by atoms with Crippen molar-refractivity contribution in [2.75, 3.05) is 37.8 Å². The molecule has 0 spiro atoms. The molecule has 1 saturated heterocycles. The summed E-state index contributed by atoms with van der Waals surface area (Å²) in [6, 6.07) is 18.6. The van der Waals surface area contributed by atoms with Crippen LogP contribution >= 0.6 is 0 Å². The van der Waals surface area contributed by atoms with Crippen LogP contribution in [0.2, 0.25) is 58.9 Å². The summed E-state index contributed by atoms with van der Waals surface area (Å²) < 4.78 is 40.0. The van der Waals surface area contributed by atoms with E-state index in [0.29, 0.717) is 28.4 Å². The third kappa shape index (κ3) is 8.73. The molecular formula is C37H53N9O3SSi3. The standard InChI is InChI=1S/C37H53N9O3SSi3/c1-42-22-24-43(25-23-42)26-29-16-18-30(19-17-29)40-37(49-53(8,9)10)34-33(27-45(41-34)51(2,3)4)46(52(5,6)7)36-32-20-21-44(35(32)38-28-39-36)50(47,48)31-14-12-11-13-15-31/h11-21,27-28H,22-26H2,1-10H3. The lowest BCUT2D eigenvalue weighted by Crippen LogP contribution is -2.44. The minimum atomic E-state index is -3.90. The normalized spacial score (nSPS) is 15.6. The van der Waals surface area contributed by atoms with Gasteiger partial charge in [-0.3, -0.25) is 9.25 Å². The highest BCUT2D eigenvalue weighted by Gasteiger charge is 2.37. The van der Waals surface area contributed by atoms with Crippen LogP contribution in [0, 0.1) is 0 Å². The molecule has 0 N–H and O–H groups in total. The molecule has 4 heterocycles. The van der Waals surface area contributed by atoms with Crippen molar-refractivity contribution in [3.63, 3.8) is 0 Å². The van der Waals surface area contributed by atoms with Gasteiger partial charge >= 0.3 is 0 Å². The van der Waals surface area contributed by atoms with Gasteiger partial charge in [0.15, 0.2) is 27.8 Å². The zero-order valence-electron chi connectivity index (χ0n) is 32.7. The van der Waals surface area contributed by atoms with Crippen LogP contribution in [0.5, 0.6) is 0 Å². The predicted molar refractivity (Wildman–Crippen MR) is 223 cm³/mol. The van der Waals surface area contributed by atoms with Gasteiger partial charge in [0.1, 0.15) is 12.1 Å². The maximum atomic E-state index is 13.8. The molecule has 12 nitrogen and oxygen atoms in total. The largest absolute Gasteiger partial charge is 0.530 e. The van der Waals surface area contributed by atoms with E-state index in [4.69, 9.17) is 19.5 Å². The summed E-state index contributed by atoms with van der Waals surface area (Å²) in [5.41, 5.74) is 3.82. The molecule has 53 heavy (non-hydrogen) atoms. The van der Waals surface area contributed by atoms with E-state index in [9.17, 15) is 8.42 Å². The summed E-state index contributed by atoms with van der Waals surface area (Å²) in [4.78, 5) is 19.6. The van der Waals surface area contributed by atoms with Crippen molar-refractivity contribution in [1.82, 2.24) is 33.2 Å². The maximum absolute atomic E-state index is 13.8. The Labute approximate surface area is 317 Å². The molecule has 3 aromatic heterocycles. The van der Waals surface area contributed by atoms with E-state index < -0.39 is 34.8 Å². The summed E-state index contributed by atoms with van der Waals surface area (Å²) in [6.07, 6.45) is 5.12. The average Bonchev–Trinajstić information content (AvgIpc) is 3.72. The lowest BCUT2D eigenvalue weighted by molar-refractivity contribution is 0.148. The molecule has 1 aliphatic heterocycles. The van der Waals surface area contributed by atoms with Crippen LogP contribution in [-0.2, 0) is 21.0 Å². The minimum Gasteiger partial charge on any atom is -0.530 e. The monoisotopic (exact) mass is 787 g/mol. The summed E-state index contributed by atoms with van der Waals surface area (Å²) in [5, 5.41) is 5.88. The highest BCUT2D eigenvalue weighted by molar-refractivity contribution is 7.90. The lowest BCUT2D eigenvalue weighted by atomic mass is 10.2. The number of hydrogen-bond acceptors (Lipinski definition) is 10. The highest BCUT2D eigenvalue weighted by atomic mass is 32.2. The quantitative estimate of drug-likeness (QED) is 0.0780. The summed E-state index contributed by atoms with van der Waals surface area (Å²) in [5.74, 6) is 1.09. The molecule has 1 aliphatic rings. The molecule has 5 aromatic rings. The molecular weight excluding hydrogens is 735 g/mol. The number of nitrogens with zero attached hydrogens (tertiary/aromatic N) is 9. The lowest BCUT2D eigenvalue weighted by Gasteiger charge is -2.35. The first-order valence-electron chi connectivity index (χ1n) is 18.1. The van der Waals surface area contributed by atoms with Crippen LogP contribution in [0.1, 0.15) is 11.3 Å². The van der Waals surface area contributed by atoms with Crippen LogP contribution in [-0.4, -0.2) is 106 Å². The van der Waals surface area contributed by atoms with Crippen LogP contribution in [0.4, 0.5) is 17.2 Å². The number of fused-ring (bicyclic) bond motifs is 1. The molecule has 0 amide bonds. The fraction of sp³-hybridized carbons (Fsp3) is 0.405. The van der Waals surface area contributed by atoms with Gasteiger partial charge in [-0.15, -0.1) is 0 Å². The van der Waals surface area contributed by atoms with E-state index >= 15 is 0 Å². The molecule has 0 bridgehead atoms. The van der Waals surface area contributed by atoms with Crippen molar-refractivity contribution < 1.29 is 12.8 Å². The molecule has 1 fully saturated rings. The van der Waals surface area contributed by atoms with Gasteiger partial charge in [0.25, 0.3) is 10.0 Å².